The molecule has 4 nitrogen and oxygen atoms in total. The molecule has 3 aromatic rings. The smallest absolute Gasteiger partial charge is 0.227 e. The Bertz CT molecular complexity index is 922. The van der Waals surface area contributed by atoms with Crippen LogP contribution in [0.25, 0.3) is 10.9 Å². The van der Waals surface area contributed by atoms with Gasteiger partial charge in [-0.25, -0.2) is 0 Å². The molecule has 0 saturated carbocycles. The second-order valence-electron chi connectivity index (χ2n) is 6.79. The Kier molecular flexibility index (Phi) is 6.20. The number of ether oxygens (including phenoxy) is 1. The van der Waals surface area contributed by atoms with E-state index in [1.807, 2.05) is 60.4 Å². The zero-order valence-electron chi connectivity index (χ0n) is 16.2. The lowest BCUT2D eigenvalue weighted by Gasteiger charge is -2.23. The fourth-order valence-corrected chi connectivity index (χ4v) is 3.39. The molecule has 4 heteroatoms. The number of pyridine rings is 1. The van der Waals surface area contributed by atoms with E-state index >= 15 is 0 Å². The average Bonchev–Trinajstić information content (AvgIpc) is 2.69. The fraction of sp³-hybridized carbons (Fsp3) is 0.304. The maximum Gasteiger partial charge on any atom is 0.227 e. The predicted molar refractivity (Wildman–Crippen MR) is 109 cm³/mol. The van der Waals surface area contributed by atoms with Gasteiger partial charge in [-0.15, -0.1) is 0 Å². The van der Waals surface area contributed by atoms with Crippen molar-refractivity contribution >= 4 is 16.8 Å². The van der Waals surface area contributed by atoms with Crippen molar-refractivity contribution < 1.29 is 9.53 Å². The van der Waals surface area contributed by atoms with Crippen molar-refractivity contribution in [2.24, 2.45) is 0 Å². The highest BCUT2D eigenvalue weighted by Crippen LogP contribution is 2.23. The number of hydrogen-bond donors (Lipinski definition) is 0. The highest BCUT2D eigenvalue weighted by molar-refractivity contribution is 5.86. The summed E-state index contributed by atoms with van der Waals surface area (Å²) in [6.07, 6.45) is 0.353. The van der Waals surface area contributed by atoms with Gasteiger partial charge in [-0.1, -0.05) is 48.5 Å². The SMILES string of the molecule is COCCN(Cc1ccccc1)C(=O)Cc1c(C)nc2ccccc2c1C. The largest absolute Gasteiger partial charge is 0.383 e. The van der Waals surface area contributed by atoms with Crippen LogP contribution >= 0.6 is 0 Å². The zero-order chi connectivity index (χ0) is 19.2. The Morgan fingerprint density at radius 1 is 1.04 bits per heavy atom. The van der Waals surface area contributed by atoms with Crippen LogP contribution in [0.15, 0.2) is 54.6 Å². The van der Waals surface area contributed by atoms with Gasteiger partial charge in [-0.3, -0.25) is 9.78 Å². The number of aromatic nitrogens is 1. The Morgan fingerprint density at radius 3 is 2.48 bits per heavy atom. The first-order valence-corrected chi connectivity index (χ1v) is 9.25. The topological polar surface area (TPSA) is 42.4 Å². The third kappa shape index (κ3) is 4.52. The van der Waals surface area contributed by atoms with Crippen LogP contribution in [0.1, 0.15) is 22.4 Å². The maximum atomic E-state index is 13.1. The molecule has 1 aromatic heterocycles. The third-order valence-corrected chi connectivity index (χ3v) is 4.95. The van der Waals surface area contributed by atoms with Crippen molar-refractivity contribution in [1.82, 2.24) is 9.88 Å². The number of fused-ring (bicyclic) bond motifs is 1. The van der Waals surface area contributed by atoms with Gasteiger partial charge in [-0.2, -0.15) is 0 Å². The van der Waals surface area contributed by atoms with Crippen molar-refractivity contribution in [1.29, 1.82) is 0 Å². The summed E-state index contributed by atoms with van der Waals surface area (Å²) in [5, 5.41) is 1.11. The molecule has 0 fully saturated rings. The molecular weight excluding hydrogens is 336 g/mol. The van der Waals surface area contributed by atoms with E-state index in [0.29, 0.717) is 26.1 Å². The van der Waals surface area contributed by atoms with E-state index in [1.54, 1.807) is 7.11 Å². The molecule has 0 bridgehead atoms. The molecule has 0 saturated heterocycles. The summed E-state index contributed by atoms with van der Waals surface area (Å²) in [5.41, 5.74) is 5.18. The van der Waals surface area contributed by atoms with E-state index in [9.17, 15) is 4.79 Å². The monoisotopic (exact) mass is 362 g/mol. The number of carbonyl (C=O) groups excluding carboxylic acids is 1. The molecule has 27 heavy (non-hydrogen) atoms. The summed E-state index contributed by atoms with van der Waals surface area (Å²) >= 11 is 0. The molecule has 0 N–H and O–H groups in total. The number of para-hydroxylation sites is 1. The van der Waals surface area contributed by atoms with Crippen LogP contribution in [0.4, 0.5) is 0 Å². The second kappa shape index (κ2) is 8.78. The summed E-state index contributed by atoms with van der Waals surface area (Å²) in [7, 11) is 1.66. The minimum absolute atomic E-state index is 0.0965. The molecule has 0 aliphatic rings. The number of amides is 1. The molecule has 1 amide bonds. The van der Waals surface area contributed by atoms with Crippen molar-refractivity contribution in [2.75, 3.05) is 20.3 Å². The van der Waals surface area contributed by atoms with Crippen LogP contribution in [0.2, 0.25) is 0 Å². The number of benzene rings is 2. The first-order valence-electron chi connectivity index (χ1n) is 9.25. The predicted octanol–water partition coefficient (Wildman–Crippen LogP) is 4.07. The molecule has 2 aromatic carbocycles. The Morgan fingerprint density at radius 2 is 1.74 bits per heavy atom. The number of aryl methyl sites for hydroxylation is 2. The van der Waals surface area contributed by atoms with E-state index in [-0.39, 0.29) is 5.91 Å². The molecule has 0 spiro atoms. The number of carbonyl (C=O) groups is 1. The summed E-state index contributed by atoms with van der Waals surface area (Å²) in [6.45, 7) is 5.74. The van der Waals surface area contributed by atoms with E-state index in [1.165, 1.54) is 0 Å². The van der Waals surface area contributed by atoms with Gasteiger partial charge in [0, 0.05) is 31.3 Å². The first-order chi connectivity index (χ1) is 13.1. The number of rotatable bonds is 7. The number of methoxy groups -OCH3 is 1. The zero-order valence-corrected chi connectivity index (χ0v) is 16.2. The quantitative estimate of drug-likeness (QED) is 0.636. The molecular formula is C23H26N2O2. The standard InChI is InChI=1S/C23H26N2O2/c1-17-20-11-7-8-12-22(20)24-18(2)21(17)15-23(26)25(13-14-27-3)16-19-9-5-4-6-10-19/h4-12H,13-16H2,1-3H3. The van der Waals surface area contributed by atoms with Gasteiger partial charge in [-0.05, 0) is 36.6 Å². The van der Waals surface area contributed by atoms with Crippen LogP contribution in [0.5, 0.6) is 0 Å². The van der Waals surface area contributed by atoms with E-state index < -0.39 is 0 Å². The van der Waals surface area contributed by atoms with Crippen molar-refractivity contribution in [3.05, 3.63) is 77.0 Å². The molecule has 140 valence electrons. The van der Waals surface area contributed by atoms with Gasteiger partial charge >= 0.3 is 0 Å². The van der Waals surface area contributed by atoms with Crippen LogP contribution in [-0.2, 0) is 22.5 Å². The Labute approximate surface area is 160 Å². The maximum absolute atomic E-state index is 13.1. The van der Waals surface area contributed by atoms with Crippen molar-refractivity contribution in [3.63, 3.8) is 0 Å². The minimum atomic E-state index is 0.0965. The van der Waals surface area contributed by atoms with E-state index in [2.05, 4.69) is 13.0 Å². The molecule has 0 atom stereocenters. The summed E-state index contributed by atoms with van der Waals surface area (Å²) in [5.74, 6) is 0.0965. The van der Waals surface area contributed by atoms with Gasteiger partial charge < -0.3 is 9.64 Å². The van der Waals surface area contributed by atoms with Gasteiger partial charge in [0.15, 0.2) is 0 Å². The van der Waals surface area contributed by atoms with Crippen LogP contribution in [-0.4, -0.2) is 36.1 Å². The minimum Gasteiger partial charge on any atom is -0.383 e. The fourth-order valence-electron chi connectivity index (χ4n) is 3.39. The van der Waals surface area contributed by atoms with Crippen molar-refractivity contribution in [2.45, 2.75) is 26.8 Å². The third-order valence-electron chi connectivity index (χ3n) is 4.95. The second-order valence-corrected chi connectivity index (χ2v) is 6.79. The van der Waals surface area contributed by atoms with Gasteiger partial charge in [0.05, 0.1) is 18.5 Å². The lowest BCUT2D eigenvalue weighted by molar-refractivity contribution is -0.131. The number of nitrogens with zero attached hydrogens (tertiary/aromatic N) is 2. The van der Waals surface area contributed by atoms with Crippen LogP contribution in [0, 0.1) is 13.8 Å². The molecule has 1 heterocycles. The highest BCUT2D eigenvalue weighted by Gasteiger charge is 2.18. The van der Waals surface area contributed by atoms with Crippen molar-refractivity contribution in [3.8, 4) is 0 Å². The summed E-state index contributed by atoms with van der Waals surface area (Å²) < 4.78 is 5.21. The highest BCUT2D eigenvalue weighted by atomic mass is 16.5. The lowest BCUT2D eigenvalue weighted by Crippen LogP contribution is -2.35. The van der Waals surface area contributed by atoms with Gasteiger partial charge in [0.25, 0.3) is 0 Å². The molecule has 0 radical (unpaired) electrons. The summed E-state index contributed by atoms with van der Waals surface area (Å²) in [4.78, 5) is 19.7. The molecule has 3 rings (SSSR count). The molecule has 0 aliphatic heterocycles. The van der Waals surface area contributed by atoms with Crippen LogP contribution in [0.3, 0.4) is 0 Å². The van der Waals surface area contributed by atoms with E-state index in [0.717, 1.165) is 33.3 Å². The Balaban J connectivity index is 1.85. The number of hydrogen-bond acceptors (Lipinski definition) is 3. The Hall–Kier alpha value is -2.72. The molecule has 0 unspecified atom stereocenters. The van der Waals surface area contributed by atoms with Crippen LogP contribution < -0.4 is 0 Å². The van der Waals surface area contributed by atoms with Gasteiger partial charge in [0.1, 0.15) is 0 Å². The summed E-state index contributed by atoms with van der Waals surface area (Å²) in [6, 6.07) is 18.1. The normalized spacial score (nSPS) is 10.9. The van der Waals surface area contributed by atoms with Gasteiger partial charge in [0.2, 0.25) is 5.91 Å². The average molecular weight is 362 g/mol. The lowest BCUT2D eigenvalue weighted by atomic mass is 9.99. The molecule has 0 aliphatic carbocycles. The first kappa shape index (κ1) is 19.1. The van der Waals surface area contributed by atoms with E-state index in [4.69, 9.17) is 9.72 Å².